The molecule has 2 aromatic rings. The van der Waals surface area contributed by atoms with Gasteiger partial charge >= 0.3 is 5.97 Å². The fraction of sp³-hybridized carbons (Fsp3) is 0.188. The summed E-state index contributed by atoms with van der Waals surface area (Å²) >= 11 is 3.48. The van der Waals surface area contributed by atoms with E-state index in [1.54, 1.807) is 6.07 Å². The Hall–Kier alpha value is -1.81. The third-order valence-corrected chi connectivity index (χ3v) is 3.95. The molecule has 2 aromatic carbocycles. The van der Waals surface area contributed by atoms with Gasteiger partial charge in [-0.15, -0.1) is 0 Å². The van der Waals surface area contributed by atoms with Crippen LogP contribution in [0.2, 0.25) is 0 Å². The van der Waals surface area contributed by atoms with Crippen molar-refractivity contribution in [2.45, 2.75) is 13.5 Å². The molecule has 0 heterocycles. The Labute approximate surface area is 127 Å². The minimum Gasteiger partial charge on any atom is -0.465 e. The number of esters is 1. The maximum absolute atomic E-state index is 11.7. The second-order valence-electron chi connectivity index (χ2n) is 4.47. The van der Waals surface area contributed by atoms with Crippen molar-refractivity contribution in [2.24, 2.45) is 0 Å². The molecule has 0 atom stereocenters. The molecule has 0 aliphatic heterocycles. The molecule has 4 heteroatoms. The molecule has 0 unspecified atom stereocenters. The highest BCUT2D eigenvalue weighted by atomic mass is 79.9. The fourth-order valence-electron chi connectivity index (χ4n) is 1.94. The smallest absolute Gasteiger partial charge is 0.338 e. The highest BCUT2D eigenvalue weighted by molar-refractivity contribution is 9.10. The summed E-state index contributed by atoms with van der Waals surface area (Å²) in [6.07, 6.45) is 0. The van der Waals surface area contributed by atoms with Crippen LogP contribution in [0.25, 0.3) is 0 Å². The van der Waals surface area contributed by atoms with Gasteiger partial charge in [0.25, 0.3) is 0 Å². The minimum absolute atomic E-state index is 0.311. The summed E-state index contributed by atoms with van der Waals surface area (Å²) in [5, 5.41) is 3.32. The fourth-order valence-corrected chi connectivity index (χ4v) is 2.18. The van der Waals surface area contributed by atoms with Crippen LogP contribution >= 0.6 is 15.9 Å². The highest BCUT2D eigenvalue weighted by Gasteiger charge is 2.10. The van der Waals surface area contributed by atoms with Crippen molar-refractivity contribution in [2.75, 3.05) is 12.4 Å². The Bertz CT molecular complexity index is 626. The molecule has 0 spiro atoms. The van der Waals surface area contributed by atoms with Crippen LogP contribution in [0.3, 0.4) is 0 Å². The number of carbonyl (C=O) groups excluding carboxylic acids is 1. The van der Waals surface area contributed by atoms with Crippen molar-refractivity contribution in [1.82, 2.24) is 0 Å². The number of rotatable bonds is 4. The summed E-state index contributed by atoms with van der Waals surface area (Å²) in [6.45, 7) is 2.62. The second kappa shape index (κ2) is 6.57. The Morgan fingerprint density at radius 2 is 2.00 bits per heavy atom. The zero-order valence-electron chi connectivity index (χ0n) is 11.4. The third kappa shape index (κ3) is 3.39. The molecule has 0 bridgehead atoms. The normalized spacial score (nSPS) is 10.2. The number of benzene rings is 2. The molecule has 0 aromatic heterocycles. The maximum atomic E-state index is 11.7. The number of anilines is 1. The topological polar surface area (TPSA) is 38.3 Å². The number of halogens is 1. The molecule has 1 N–H and O–H groups in total. The number of hydrogen-bond acceptors (Lipinski definition) is 3. The van der Waals surface area contributed by atoms with Gasteiger partial charge in [0.15, 0.2) is 0 Å². The van der Waals surface area contributed by atoms with Crippen LogP contribution in [0.15, 0.2) is 46.9 Å². The van der Waals surface area contributed by atoms with Crippen molar-refractivity contribution in [3.63, 3.8) is 0 Å². The minimum atomic E-state index is -0.311. The molecule has 0 aliphatic carbocycles. The quantitative estimate of drug-likeness (QED) is 0.854. The van der Waals surface area contributed by atoms with Crippen molar-refractivity contribution in [3.8, 4) is 0 Å². The van der Waals surface area contributed by atoms with E-state index in [0.29, 0.717) is 12.1 Å². The van der Waals surface area contributed by atoms with E-state index in [4.69, 9.17) is 4.74 Å². The summed E-state index contributed by atoms with van der Waals surface area (Å²) in [6, 6.07) is 13.5. The van der Waals surface area contributed by atoms with Crippen molar-refractivity contribution in [1.29, 1.82) is 0 Å². The van der Waals surface area contributed by atoms with Crippen LogP contribution in [-0.2, 0) is 11.3 Å². The number of carbonyl (C=O) groups is 1. The Balaban J connectivity index is 2.14. The number of aryl methyl sites for hydroxylation is 1. The van der Waals surface area contributed by atoms with Gasteiger partial charge < -0.3 is 10.1 Å². The third-order valence-electron chi connectivity index (χ3n) is 3.06. The van der Waals surface area contributed by atoms with E-state index in [1.165, 1.54) is 7.11 Å². The molecule has 0 amide bonds. The first kappa shape index (κ1) is 14.6. The molecule has 0 saturated heterocycles. The Morgan fingerprint density at radius 3 is 2.70 bits per heavy atom. The average molecular weight is 334 g/mol. The first-order valence-electron chi connectivity index (χ1n) is 6.28. The van der Waals surface area contributed by atoms with E-state index < -0.39 is 0 Å². The number of ether oxygens (including phenoxy) is 1. The maximum Gasteiger partial charge on any atom is 0.338 e. The summed E-state index contributed by atoms with van der Waals surface area (Å²) in [5.74, 6) is -0.311. The molecule has 0 radical (unpaired) electrons. The number of nitrogens with one attached hydrogen (secondary N) is 1. The van der Waals surface area contributed by atoms with Crippen molar-refractivity contribution < 1.29 is 9.53 Å². The first-order chi connectivity index (χ1) is 9.61. The van der Waals surface area contributed by atoms with Crippen molar-refractivity contribution >= 4 is 27.6 Å². The van der Waals surface area contributed by atoms with Crippen molar-refractivity contribution in [3.05, 3.63) is 63.6 Å². The SMILES string of the molecule is COC(=O)c1ccccc1CNc1ccc(Br)c(C)c1. The Kier molecular flexibility index (Phi) is 4.79. The molecule has 2 rings (SSSR count). The van der Waals surface area contributed by atoms with Crippen LogP contribution < -0.4 is 5.32 Å². The van der Waals surface area contributed by atoms with Gasteiger partial charge in [-0.1, -0.05) is 34.1 Å². The summed E-state index contributed by atoms with van der Waals surface area (Å²) in [4.78, 5) is 11.7. The highest BCUT2D eigenvalue weighted by Crippen LogP contribution is 2.21. The van der Waals surface area contributed by atoms with Gasteiger partial charge in [-0.05, 0) is 42.3 Å². The Morgan fingerprint density at radius 1 is 1.25 bits per heavy atom. The zero-order valence-corrected chi connectivity index (χ0v) is 13.0. The first-order valence-corrected chi connectivity index (χ1v) is 7.07. The van der Waals surface area contributed by atoms with E-state index in [-0.39, 0.29) is 5.97 Å². The van der Waals surface area contributed by atoms with Crippen LogP contribution in [0.5, 0.6) is 0 Å². The van der Waals surface area contributed by atoms with Crippen LogP contribution in [-0.4, -0.2) is 13.1 Å². The molecule has 104 valence electrons. The van der Waals surface area contributed by atoms with Gasteiger partial charge in [0.1, 0.15) is 0 Å². The largest absolute Gasteiger partial charge is 0.465 e. The molecule has 0 fully saturated rings. The lowest BCUT2D eigenvalue weighted by atomic mass is 10.1. The van der Waals surface area contributed by atoms with Gasteiger partial charge in [-0.2, -0.15) is 0 Å². The second-order valence-corrected chi connectivity index (χ2v) is 5.32. The summed E-state index contributed by atoms with van der Waals surface area (Å²) < 4.78 is 5.87. The zero-order chi connectivity index (χ0) is 14.5. The molecule has 0 saturated carbocycles. The average Bonchev–Trinajstić information content (AvgIpc) is 2.48. The van der Waals surface area contributed by atoms with E-state index in [9.17, 15) is 4.79 Å². The van der Waals surface area contributed by atoms with Gasteiger partial charge in [0.2, 0.25) is 0 Å². The van der Waals surface area contributed by atoms with Gasteiger partial charge in [0.05, 0.1) is 12.7 Å². The standard InChI is InChI=1S/C16H16BrNO2/c1-11-9-13(7-8-15(11)17)18-10-12-5-3-4-6-14(12)16(19)20-2/h3-9,18H,10H2,1-2H3. The summed E-state index contributed by atoms with van der Waals surface area (Å²) in [5.41, 5.74) is 3.69. The van der Waals surface area contributed by atoms with Crippen LogP contribution in [0.4, 0.5) is 5.69 Å². The monoisotopic (exact) mass is 333 g/mol. The molecular weight excluding hydrogens is 318 g/mol. The molecule has 0 aliphatic rings. The molecule has 20 heavy (non-hydrogen) atoms. The lowest BCUT2D eigenvalue weighted by Crippen LogP contribution is -2.09. The number of hydrogen-bond donors (Lipinski definition) is 1. The number of methoxy groups -OCH3 is 1. The summed E-state index contributed by atoms with van der Waals surface area (Å²) in [7, 11) is 1.39. The predicted molar refractivity (Wildman–Crippen MR) is 84.0 cm³/mol. The van der Waals surface area contributed by atoms with Gasteiger partial charge in [-0.3, -0.25) is 0 Å². The lowest BCUT2D eigenvalue weighted by molar-refractivity contribution is 0.0599. The molecule has 3 nitrogen and oxygen atoms in total. The van der Waals surface area contributed by atoms with E-state index in [1.807, 2.05) is 37.3 Å². The molecular formula is C16H16BrNO2. The van der Waals surface area contributed by atoms with Crippen LogP contribution in [0.1, 0.15) is 21.5 Å². The van der Waals surface area contributed by atoms with Gasteiger partial charge in [-0.25, -0.2) is 4.79 Å². The van der Waals surface area contributed by atoms with Crippen LogP contribution in [0, 0.1) is 6.92 Å². The van der Waals surface area contributed by atoms with E-state index in [0.717, 1.165) is 21.3 Å². The predicted octanol–water partition coefficient (Wildman–Crippen LogP) is 4.16. The lowest BCUT2D eigenvalue weighted by Gasteiger charge is -2.11. The van der Waals surface area contributed by atoms with Gasteiger partial charge in [0, 0.05) is 16.7 Å². The van der Waals surface area contributed by atoms with E-state index in [2.05, 4.69) is 27.3 Å². The van der Waals surface area contributed by atoms with E-state index >= 15 is 0 Å².